The first-order chi connectivity index (χ1) is 5.99. The summed E-state index contributed by atoms with van der Waals surface area (Å²) >= 11 is 0. The van der Waals surface area contributed by atoms with E-state index in [0.29, 0.717) is 0 Å². The molecular weight excluding hydrogens is 162 g/mol. The Balaban J connectivity index is 2.64. The summed E-state index contributed by atoms with van der Waals surface area (Å²) in [5, 5.41) is 0. The molecule has 0 amide bonds. The lowest BCUT2D eigenvalue weighted by Gasteiger charge is -2.22. The third-order valence-corrected chi connectivity index (χ3v) is 1.80. The lowest BCUT2D eigenvalue weighted by Crippen LogP contribution is -2.19. The van der Waals surface area contributed by atoms with E-state index < -0.39 is 0 Å². The predicted octanol–water partition coefficient (Wildman–Crippen LogP) is 1.91. The molecule has 0 radical (unpaired) electrons. The molecule has 0 aliphatic carbocycles. The average molecular weight is 179 g/mol. The molecule has 0 saturated carbocycles. The standard InChI is InChI=1S/C10H17N3/c1-10(2,3)6-8(11)9-7-12-4-5-13-9/h4-5,7-8H,6,11H2,1-3H3. The maximum atomic E-state index is 5.98. The van der Waals surface area contributed by atoms with Crippen LogP contribution in [-0.2, 0) is 0 Å². The van der Waals surface area contributed by atoms with Gasteiger partial charge in [0.05, 0.1) is 5.69 Å². The van der Waals surface area contributed by atoms with Gasteiger partial charge in [0.1, 0.15) is 0 Å². The van der Waals surface area contributed by atoms with Gasteiger partial charge in [-0.05, 0) is 11.8 Å². The Hall–Kier alpha value is -0.960. The Morgan fingerprint density at radius 3 is 2.54 bits per heavy atom. The average Bonchev–Trinajstić information content (AvgIpc) is 2.03. The molecule has 0 aliphatic heterocycles. The third-order valence-electron chi connectivity index (χ3n) is 1.80. The van der Waals surface area contributed by atoms with Crippen molar-refractivity contribution in [1.29, 1.82) is 0 Å². The van der Waals surface area contributed by atoms with Crippen molar-refractivity contribution >= 4 is 0 Å². The molecule has 0 aliphatic rings. The summed E-state index contributed by atoms with van der Waals surface area (Å²) in [6.07, 6.45) is 5.99. The number of nitrogens with two attached hydrogens (primary N) is 1. The molecule has 1 aromatic rings. The number of rotatable bonds is 2. The molecule has 2 N–H and O–H groups in total. The number of hydrogen-bond acceptors (Lipinski definition) is 3. The van der Waals surface area contributed by atoms with Crippen LogP contribution in [0, 0.1) is 5.41 Å². The SMILES string of the molecule is CC(C)(C)CC(N)c1cnccn1. The van der Waals surface area contributed by atoms with Crippen molar-refractivity contribution in [2.24, 2.45) is 11.1 Å². The van der Waals surface area contributed by atoms with Crippen LogP contribution in [0.25, 0.3) is 0 Å². The van der Waals surface area contributed by atoms with Gasteiger partial charge in [0.25, 0.3) is 0 Å². The van der Waals surface area contributed by atoms with Crippen LogP contribution in [0.1, 0.15) is 38.9 Å². The van der Waals surface area contributed by atoms with Crippen molar-refractivity contribution < 1.29 is 0 Å². The van der Waals surface area contributed by atoms with Crippen molar-refractivity contribution in [3.8, 4) is 0 Å². The minimum absolute atomic E-state index is 0.00583. The highest BCUT2D eigenvalue weighted by atomic mass is 14.8. The number of hydrogen-bond donors (Lipinski definition) is 1. The molecule has 1 unspecified atom stereocenters. The highest BCUT2D eigenvalue weighted by molar-refractivity contribution is 5.01. The highest BCUT2D eigenvalue weighted by Gasteiger charge is 2.17. The van der Waals surface area contributed by atoms with Gasteiger partial charge in [0.15, 0.2) is 0 Å². The molecule has 1 aromatic heterocycles. The zero-order valence-corrected chi connectivity index (χ0v) is 8.49. The topological polar surface area (TPSA) is 51.8 Å². The normalized spacial score (nSPS) is 14.2. The molecule has 1 rings (SSSR count). The quantitative estimate of drug-likeness (QED) is 0.754. The van der Waals surface area contributed by atoms with Crippen molar-refractivity contribution in [3.05, 3.63) is 24.3 Å². The minimum Gasteiger partial charge on any atom is -0.323 e. The van der Waals surface area contributed by atoms with E-state index in [9.17, 15) is 0 Å². The van der Waals surface area contributed by atoms with Crippen LogP contribution in [0.4, 0.5) is 0 Å². The van der Waals surface area contributed by atoms with Gasteiger partial charge >= 0.3 is 0 Å². The first-order valence-corrected chi connectivity index (χ1v) is 4.50. The smallest absolute Gasteiger partial charge is 0.0754 e. The zero-order chi connectivity index (χ0) is 9.90. The summed E-state index contributed by atoms with van der Waals surface area (Å²) in [5.74, 6) is 0. The van der Waals surface area contributed by atoms with Crippen LogP contribution in [0.3, 0.4) is 0 Å². The lowest BCUT2D eigenvalue weighted by molar-refractivity contribution is 0.339. The van der Waals surface area contributed by atoms with Crippen LogP contribution in [0.2, 0.25) is 0 Å². The van der Waals surface area contributed by atoms with Crippen LogP contribution in [0.5, 0.6) is 0 Å². The summed E-state index contributed by atoms with van der Waals surface area (Å²) in [7, 11) is 0. The second kappa shape index (κ2) is 3.83. The fraction of sp³-hybridized carbons (Fsp3) is 0.600. The van der Waals surface area contributed by atoms with E-state index in [4.69, 9.17) is 5.73 Å². The first-order valence-electron chi connectivity index (χ1n) is 4.50. The highest BCUT2D eigenvalue weighted by Crippen LogP contribution is 2.26. The van der Waals surface area contributed by atoms with E-state index >= 15 is 0 Å². The summed E-state index contributed by atoms with van der Waals surface area (Å²) in [6.45, 7) is 6.51. The van der Waals surface area contributed by atoms with Crippen LogP contribution < -0.4 is 5.73 Å². The fourth-order valence-electron chi connectivity index (χ4n) is 1.27. The van der Waals surface area contributed by atoms with Gasteiger partial charge in [-0.3, -0.25) is 9.97 Å². The van der Waals surface area contributed by atoms with E-state index in [2.05, 4.69) is 30.7 Å². The second-order valence-corrected chi connectivity index (χ2v) is 4.50. The summed E-state index contributed by atoms with van der Waals surface area (Å²) in [6, 6.07) is -0.00583. The molecule has 0 bridgehead atoms. The van der Waals surface area contributed by atoms with Gasteiger partial charge in [0.2, 0.25) is 0 Å². The second-order valence-electron chi connectivity index (χ2n) is 4.50. The van der Waals surface area contributed by atoms with Gasteiger partial charge in [0, 0.05) is 24.6 Å². The molecule has 3 nitrogen and oxygen atoms in total. The largest absolute Gasteiger partial charge is 0.323 e. The van der Waals surface area contributed by atoms with E-state index in [1.807, 2.05) is 0 Å². The zero-order valence-electron chi connectivity index (χ0n) is 8.49. The van der Waals surface area contributed by atoms with E-state index in [1.54, 1.807) is 18.6 Å². The summed E-state index contributed by atoms with van der Waals surface area (Å²) < 4.78 is 0. The Kier molecular flexibility index (Phi) is 2.98. The van der Waals surface area contributed by atoms with E-state index in [-0.39, 0.29) is 11.5 Å². The molecule has 13 heavy (non-hydrogen) atoms. The molecule has 3 heteroatoms. The maximum Gasteiger partial charge on any atom is 0.0754 e. The Labute approximate surface area is 79.4 Å². The molecule has 0 fully saturated rings. The summed E-state index contributed by atoms with van der Waals surface area (Å²) in [5.41, 5.74) is 7.08. The van der Waals surface area contributed by atoms with Crippen LogP contribution in [0.15, 0.2) is 18.6 Å². The first kappa shape index (κ1) is 10.1. The molecule has 0 saturated heterocycles. The molecule has 72 valence electrons. The van der Waals surface area contributed by atoms with Crippen LogP contribution in [-0.4, -0.2) is 9.97 Å². The van der Waals surface area contributed by atoms with Gasteiger partial charge in [-0.2, -0.15) is 0 Å². The molecular formula is C10H17N3. The fourth-order valence-corrected chi connectivity index (χ4v) is 1.27. The number of nitrogens with zero attached hydrogens (tertiary/aromatic N) is 2. The van der Waals surface area contributed by atoms with Gasteiger partial charge < -0.3 is 5.73 Å². The third kappa shape index (κ3) is 3.51. The monoisotopic (exact) mass is 179 g/mol. The Bertz CT molecular complexity index is 251. The molecule has 0 aromatic carbocycles. The minimum atomic E-state index is -0.00583. The van der Waals surface area contributed by atoms with Gasteiger partial charge in [-0.15, -0.1) is 0 Å². The number of aromatic nitrogens is 2. The van der Waals surface area contributed by atoms with Gasteiger partial charge in [-0.25, -0.2) is 0 Å². The van der Waals surface area contributed by atoms with Crippen molar-refractivity contribution in [3.63, 3.8) is 0 Å². The van der Waals surface area contributed by atoms with Crippen molar-refractivity contribution in [2.75, 3.05) is 0 Å². The lowest BCUT2D eigenvalue weighted by atomic mass is 9.87. The Morgan fingerprint density at radius 1 is 1.38 bits per heavy atom. The predicted molar refractivity (Wildman–Crippen MR) is 53.0 cm³/mol. The van der Waals surface area contributed by atoms with E-state index in [0.717, 1.165) is 12.1 Å². The Morgan fingerprint density at radius 2 is 2.08 bits per heavy atom. The van der Waals surface area contributed by atoms with E-state index in [1.165, 1.54) is 0 Å². The molecule has 0 spiro atoms. The molecule has 1 heterocycles. The van der Waals surface area contributed by atoms with Crippen LogP contribution >= 0.6 is 0 Å². The van der Waals surface area contributed by atoms with Gasteiger partial charge in [-0.1, -0.05) is 20.8 Å². The maximum absolute atomic E-state index is 5.98. The van der Waals surface area contributed by atoms with Crippen molar-refractivity contribution in [1.82, 2.24) is 9.97 Å². The van der Waals surface area contributed by atoms with Crippen molar-refractivity contribution in [2.45, 2.75) is 33.2 Å². The molecule has 1 atom stereocenters. The summed E-state index contributed by atoms with van der Waals surface area (Å²) in [4.78, 5) is 8.17.